The van der Waals surface area contributed by atoms with Crippen LogP contribution in [0.5, 0.6) is 0 Å². The number of hydrogen-bond acceptors (Lipinski definition) is 6. The van der Waals surface area contributed by atoms with Gasteiger partial charge in [0.25, 0.3) is 5.91 Å². The highest BCUT2D eigenvalue weighted by molar-refractivity contribution is 7.99. The molecule has 0 bridgehead atoms. The number of carbonyl (C=O) groups is 2. The van der Waals surface area contributed by atoms with E-state index < -0.39 is 18.5 Å². The van der Waals surface area contributed by atoms with Gasteiger partial charge in [-0.2, -0.15) is 0 Å². The summed E-state index contributed by atoms with van der Waals surface area (Å²) in [6, 6.07) is 0.453. The van der Waals surface area contributed by atoms with E-state index in [1.165, 1.54) is 11.8 Å². The van der Waals surface area contributed by atoms with Crippen LogP contribution < -0.4 is 5.48 Å². The fourth-order valence-electron chi connectivity index (χ4n) is 1.28. The van der Waals surface area contributed by atoms with Gasteiger partial charge in [-0.3, -0.25) is 9.63 Å². The van der Waals surface area contributed by atoms with Gasteiger partial charge in [0, 0.05) is 6.04 Å². The average molecular weight is 272 g/mol. The van der Waals surface area contributed by atoms with Crippen molar-refractivity contribution in [1.82, 2.24) is 20.2 Å². The molecular formula is C9H12N4O4S. The number of nitrogens with zero attached hydrogens (tertiary/aromatic N) is 3. The molecule has 1 aliphatic carbocycles. The second-order valence-corrected chi connectivity index (χ2v) is 4.69. The molecule has 9 heteroatoms. The van der Waals surface area contributed by atoms with Crippen LogP contribution in [-0.4, -0.2) is 44.1 Å². The molecule has 8 nitrogen and oxygen atoms in total. The maximum atomic E-state index is 11.3. The Morgan fingerprint density at radius 1 is 1.61 bits per heavy atom. The number of hydrogen-bond donors (Lipinski definition) is 2. The van der Waals surface area contributed by atoms with Crippen molar-refractivity contribution in [3.05, 3.63) is 6.33 Å². The molecule has 0 saturated heterocycles. The number of carboxylic acid groups (broad SMARTS) is 1. The Morgan fingerprint density at radius 2 is 2.39 bits per heavy atom. The first-order valence-corrected chi connectivity index (χ1v) is 6.30. The van der Waals surface area contributed by atoms with Gasteiger partial charge >= 0.3 is 5.97 Å². The number of hydroxylamine groups is 1. The van der Waals surface area contributed by atoms with Crippen LogP contribution >= 0.6 is 11.8 Å². The van der Waals surface area contributed by atoms with Gasteiger partial charge < -0.3 is 9.67 Å². The lowest BCUT2D eigenvalue weighted by Crippen LogP contribution is -2.28. The molecule has 1 amide bonds. The normalized spacial score (nSPS) is 14.4. The summed E-state index contributed by atoms with van der Waals surface area (Å²) in [5, 5.41) is 16.7. The summed E-state index contributed by atoms with van der Waals surface area (Å²) in [6.45, 7) is -0.561. The maximum Gasteiger partial charge on any atom is 0.332 e. The van der Waals surface area contributed by atoms with Gasteiger partial charge in [-0.1, -0.05) is 11.8 Å². The van der Waals surface area contributed by atoms with Crippen molar-refractivity contribution < 1.29 is 19.5 Å². The molecule has 1 fully saturated rings. The van der Waals surface area contributed by atoms with E-state index in [0.29, 0.717) is 11.2 Å². The quantitative estimate of drug-likeness (QED) is 0.524. The van der Waals surface area contributed by atoms with Crippen LogP contribution in [0.4, 0.5) is 0 Å². The van der Waals surface area contributed by atoms with Crippen LogP contribution in [0.25, 0.3) is 0 Å². The van der Waals surface area contributed by atoms with Crippen molar-refractivity contribution in [2.24, 2.45) is 0 Å². The number of carbonyl (C=O) groups excluding carboxylic acids is 1. The number of carboxylic acids is 1. The van der Waals surface area contributed by atoms with Crippen molar-refractivity contribution >= 4 is 23.6 Å². The van der Waals surface area contributed by atoms with Crippen LogP contribution in [0.2, 0.25) is 0 Å². The number of rotatable bonds is 7. The molecule has 0 spiro atoms. The van der Waals surface area contributed by atoms with E-state index in [1.807, 2.05) is 10.0 Å². The third-order valence-electron chi connectivity index (χ3n) is 2.19. The molecule has 0 aliphatic heterocycles. The van der Waals surface area contributed by atoms with Gasteiger partial charge in [0.05, 0.1) is 5.75 Å². The molecule has 1 aliphatic rings. The minimum Gasteiger partial charge on any atom is -0.479 e. The standard InChI is InChI=1S/C9H12N4O4S/c14-7(12-17-3-8(15)16)4-18-9-11-10-5-13(9)6-1-2-6/h5-6H,1-4H2,(H,12,14)(H,15,16). The Labute approximate surface area is 107 Å². The number of nitrogens with one attached hydrogen (secondary N) is 1. The Hall–Kier alpha value is -1.61. The van der Waals surface area contributed by atoms with Crippen LogP contribution in [0.1, 0.15) is 18.9 Å². The van der Waals surface area contributed by atoms with Gasteiger partial charge in [0.15, 0.2) is 11.8 Å². The van der Waals surface area contributed by atoms with E-state index in [4.69, 9.17) is 5.11 Å². The van der Waals surface area contributed by atoms with Crippen molar-refractivity contribution in [3.8, 4) is 0 Å². The molecule has 0 unspecified atom stereocenters. The van der Waals surface area contributed by atoms with Gasteiger partial charge in [0.2, 0.25) is 0 Å². The van der Waals surface area contributed by atoms with Crippen LogP contribution in [0, 0.1) is 0 Å². The summed E-state index contributed by atoms with van der Waals surface area (Å²) in [7, 11) is 0. The summed E-state index contributed by atoms with van der Waals surface area (Å²) in [5.41, 5.74) is 2.04. The van der Waals surface area contributed by atoms with E-state index >= 15 is 0 Å². The van der Waals surface area contributed by atoms with Gasteiger partial charge in [-0.25, -0.2) is 10.3 Å². The second-order valence-electron chi connectivity index (χ2n) is 3.75. The highest BCUT2D eigenvalue weighted by atomic mass is 32.2. The van der Waals surface area contributed by atoms with Crippen molar-refractivity contribution in [1.29, 1.82) is 0 Å². The number of aromatic nitrogens is 3. The molecule has 2 rings (SSSR count). The highest BCUT2D eigenvalue weighted by Gasteiger charge is 2.26. The predicted molar refractivity (Wildman–Crippen MR) is 60.7 cm³/mol. The number of thioether (sulfide) groups is 1. The molecule has 18 heavy (non-hydrogen) atoms. The minimum atomic E-state index is -1.14. The summed E-state index contributed by atoms with van der Waals surface area (Å²) < 4.78 is 1.94. The van der Waals surface area contributed by atoms with E-state index in [9.17, 15) is 9.59 Å². The van der Waals surface area contributed by atoms with E-state index in [2.05, 4.69) is 15.0 Å². The first-order valence-electron chi connectivity index (χ1n) is 5.31. The molecule has 1 aromatic heterocycles. The lowest BCUT2D eigenvalue weighted by Gasteiger charge is -2.04. The Bertz CT molecular complexity index is 446. The van der Waals surface area contributed by atoms with Gasteiger partial charge in [-0.15, -0.1) is 10.2 Å². The van der Waals surface area contributed by atoms with Crippen LogP contribution in [0.15, 0.2) is 11.5 Å². The van der Waals surface area contributed by atoms with Crippen molar-refractivity contribution in [2.45, 2.75) is 24.0 Å². The first-order chi connectivity index (χ1) is 8.66. The smallest absolute Gasteiger partial charge is 0.332 e. The largest absolute Gasteiger partial charge is 0.479 e. The zero-order valence-electron chi connectivity index (χ0n) is 9.40. The third kappa shape index (κ3) is 3.70. The average Bonchev–Trinajstić information content (AvgIpc) is 3.05. The Balaban J connectivity index is 1.71. The van der Waals surface area contributed by atoms with Crippen LogP contribution in [0.3, 0.4) is 0 Å². The lowest BCUT2D eigenvalue weighted by atomic mass is 10.7. The SMILES string of the molecule is O=C(O)CONC(=O)CSc1nncn1C1CC1. The van der Waals surface area contributed by atoms with E-state index in [-0.39, 0.29) is 5.75 Å². The highest BCUT2D eigenvalue weighted by Crippen LogP contribution is 2.37. The number of aliphatic carboxylic acids is 1. The molecule has 1 heterocycles. The third-order valence-corrected chi connectivity index (χ3v) is 3.15. The van der Waals surface area contributed by atoms with Gasteiger partial charge in [-0.05, 0) is 12.8 Å². The molecule has 0 aromatic carbocycles. The summed E-state index contributed by atoms with van der Waals surface area (Å²) >= 11 is 1.24. The summed E-state index contributed by atoms with van der Waals surface area (Å²) in [4.78, 5) is 25.9. The molecule has 2 N–H and O–H groups in total. The second kappa shape index (κ2) is 5.83. The minimum absolute atomic E-state index is 0.102. The molecule has 98 valence electrons. The van der Waals surface area contributed by atoms with Crippen LogP contribution in [-0.2, 0) is 14.4 Å². The topological polar surface area (TPSA) is 106 Å². The zero-order chi connectivity index (χ0) is 13.0. The Kier molecular flexibility index (Phi) is 4.15. The Morgan fingerprint density at radius 3 is 3.06 bits per heavy atom. The maximum absolute atomic E-state index is 11.3. The fraction of sp³-hybridized carbons (Fsp3) is 0.556. The number of amides is 1. The van der Waals surface area contributed by atoms with E-state index in [1.54, 1.807) is 6.33 Å². The fourth-order valence-corrected chi connectivity index (χ4v) is 2.05. The predicted octanol–water partition coefficient (Wildman–Crippen LogP) is -0.163. The summed E-state index contributed by atoms with van der Waals surface area (Å²) in [5.74, 6) is -1.45. The molecule has 1 aromatic rings. The van der Waals surface area contributed by atoms with Crippen molar-refractivity contribution in [2.75, 3.05) is 12.4 Å². The monoisotopic (exact) mass is 272 g/mol. The van der Waals surface area contributed by atoms with Gasteiger partial charge in [0.1, 0.15) is 6.33 Å². The zero-order valence-corrected chi connectivity index (χ0v) is 10.2. The van der Waals surface area contributed by atoms with E-state index in [0.717, 1.165) is 12.8 Å². The molecule has 0 atom stereocenters. The molecule has 0 radical (unpaired) electrons. The lowest BCUT2D eigenvalue weighted by molar-refractivity contribution is -0.148. The first kappa shape index (κ1) is 12.8. The molecular weight excluding hydrogens is 260 g/mol. The van der Waals surface area contributed by atoms with Crippen molar-refractivity contribution in [3.63, 3.8) is 0 Å². The summed E-state index contributed by atoms with van der Waals surface area (Å²) in [6.07, 6.45) is 3.87. The molecule has 1 saturated carbocycles.